The minimum atomic E-state index is -0.991. The number of carboxylic acid groups (broad SMARTS) is 1. The van der Waals surface area contributed by atoms with Crippen LogP contribution in [-0.2, 0) is 0 Å². The van der Waals surface area contributed by atoms with Gasteiger partial charge in [0.05, 0.1) is 4.88 Å². The highest BCUT2D eigenvalue weighted by atomic mass is 32.1. The number of nitrogens with one attached hydrogen (secondary N) is 1. The number of aromatic carboxylic acids is 1. The summed E-state index contributed by atoms with van der Waals surface area (Å²) in [7, 11) is 2.01. The number of carbonyl (C=O) groups excluding carboxylic acids is 1. The lowest BCUT2D eigenvalue weighted by Gasteiger charge is -2.11. The minimum Gasteiger partial charge on any atom is -0.477 e. The molecule has 1 unspecified atom stereocenters. The normalized spacial score (nSPS) is 20.4. The van der Waals surface area contributed by atoms with Crippen molar-refractivity contribution >= 4 is 23.2 Å². The molecule has 0 aromatic carbocycles. The van der Waals surface area contributed by atoms with Crippen LogP contribution in [0, 0.1) is 0 Å². The summed E-state index contributed by atoms with van der Waals surface area (Å²) in [6.45, 7) is 1.83. The molecule has 1 atom stereocenters. The molecule has 1 aliphatic heterocycles. The van der Waals surface area contributed by atoms with Crippen LogP contribution < -0.4 is 5.32 Å². The second-order valence-electron chi connectivity index (χ2n) is 4.19. The number of carboxylic acids is 1. The average Bonchev–Trinajstić information content (AvgIpc) is 2.86. The summed E-state index contributed by atoms with van der Waals surface area (Å²) in [5.41, 5.74) is 0. The fraction of sp³-hybridized carbons (Fsp3) is 0.455. The Morgan fingerprint density at radius 1 is 1.47 bits per heavy atom. The molecule has 1 aromatic rings. The van der Waals surface area contributed by atoms with Crippen molar-refractivity contribution in [1.29, 1.82) is 0 Å². The number of hydrogen-bond donors (Lipinski definition) is 2. The molecular formula is C11H14N2O3S. The summed E-state index contributed by atoms with van der Waals surface area (Å²) in [5, 5.41) is 11.7. The van der Waals surface area contributed by atoms with Crippen molar-refractivity contribution in [3.05, 3.63) is 21.9 Å². The van der Waals surface area contributed by atoms with Crippen LogP contribution in [0.2, 0.25) is 0 Å². The molecule has 17 heavy (non-hydrogen) atoms. The van der Waals surface area contributed by atoms with Crippen molar-refractivity contribution in [2.24, 2.45) is 0 Å². The van der Waals surface area contributed by atoms with Crippen LogP contribution in [0.4, 0.5) is 0 Å². The second kappa shape index (κ2) is 4.85. The van der Waals surface area contributed by atoms with Gasteiger partial charge in [-0.3, -0.25) is 4.79 Å². The Morgan fingerprint density at radius 2 is 2.18 bits per heavy atom. The third-order valence-corrected chi connectivity index (χ3v) is 3.84. The largest absolute Gasteiger partial charge is 0.477 e. The molecule has 1 aliphatic rings. The van der Waals surface area contributed by atoms with E-state index in [0.29, 0.717) is 4.88 Å². The number of thiophene rings is 1. The Labute approximate surface area is 103 Å². The Hall–Kier alpha value is -1.40. The summed E-state index contributed by atoms with van der Waals surface area (Å²) < 4.78 is 0. The highest BCUT2D eigenvalue weighted by Crippen LogP contribution is 2.17. The number of likely N-dealkylation sites (tertiary alicyclic amines) is 1. The van der Waals surface area contributed by atoms with Gasteiger partial charge in [0.2, 0.25) is 0 Å². The topological polar surface area (TPSA) is 69.6 Å². The Bertz CT molecular complexity index is 444. The lowest BCUT2D eigenvalue weighted by molar-refractivity contribution is 0.0702. The van der Waals surface area contributed by atoms with E-state index in [-0.39, 0.29) is 16.8 Å². The SMILES string of the molecule is CN1CCC(NC(=O)c2ccc(C(=O)O)s2)C1. The van der Waals surface area contributed by atoms with Crippen LogP contribution in [0.25, 0.3) is 0 Å². The van der Waals surface area contributed by atoms with Crippen LogP contribution in [0.1, 0.15) is 25.8 Å². The first-order valence-electron chi connectivity index (χ1n) is 5.39. The molecule has 2 rings (SSSR count). The van der Waals surface area contributed by atoms with Gasteiger partial charge in [-0.1, -0.05) is 0 Å². The summed E-state index contributed by atoms with van der Waals surface area (Å²) >= 11 is 1.01. The molecule has 0 aliphatic carbocycles. The molecule has 0 spiro atoms. The summed E-state index contributed by atoms with van der Waals surface area (Å²) in [6.07, 6.45) is 0.944. The molecule has 1 saturated heterocycles. The van der Waals surface area contributed by atoms with Gasteiger partial charge in [0.25, 0.3) is 5.91 Å². The molecule has 0 radical (unpaired) electrons. The van der Waals surface area contributed by atoms with Crippen molar-refractivity contribution in [3.63, 3.8) is 0 Å². The zero-order valence-electron chi connectivity index (χ0n) is 9.47. The number of carbonyl (C=O) groups is 2. The van der Waals surface area contributed by atoms with Gasteiger partial charge in [0.1, 0.15) is 4.88 Å². The molecule has 92 valence electrons. The fourth-order valence-electron chi connectivity index (χ4n) is 1.88. The highest BCUT2D eigenvalue weighted by molar-refractivity contribution is 7.15. The molecule has 5 nitrogen and oxygen atoms in total. The maximum Gasteiger partial charge on any atom is 0.345 e. The summed E-state index contributed by atoms with van der Waals surface area (Å²) in [6, 6.07) is 3.19. The van der Waals surface area contributed by atoms with Crippen LogP contribution in [0.5, 0.6) is 0 Å². The number of amides is 1. The Balaban J connectivity index is 1.97. The molecule has 1 amide bonds. The number of nitrogens with zero attached hydrogens (tertiary/aromatic N) is 1. The van der Waals surface area contributed by atoms with Gasteiger partial charge in [0.15, 0.2) is 0 Å². The number of likely N-dealkylation sites (N-methyl/N-ethyl adjacent to an activating group) is 1. The summed E-state index contributed by atoms with van der Waals surface area (Å²) in [5.74, 6) is -1.17. The zero-order chi connectivity index (χ0) is 12.4. The Morgan fingerprint density at radius 3 is 2.71 bits per heavy atom. The van der Waals surface area contributed by atoms with E-state index in [0.717, 1.165) is 30.8 Å². The lowest BCUT2D eigenvalue weighted by atomic mass is 10.2. The second-order valence-corrected chi connectivity index (χ2v) is 5.27. The fourth-order valence-corrected chi connectivity index (χ4v) is 2.63. The smallest absolute Gasteiger partial charge is 0.345 e. The highest BCUT2D eigenvalue weighted by Gasteiger charge is 2.22. The minimum absolute atomic E-state index is 0.169. The van der Waals surface area contributed by atoms with Crippen molar-refractivity contribution in [3.8, 4) is 0 Å². The van der Waals surface area contributed by atoms with E-state index in [1.54, 1.807) is 6.07 Å². The van der Waals surface area contributed by atoms with Gasteiger partial charge in [-0.15, -0.1) is 11.3 Å². The third kappa shape index (κ3) is 2.83. The third-order valence-electron chi connectivity index (χ3n) is 2.77. The first kappa shape index (κ1) is 12.1. The molecule has 1 fully saturated rings. The first-order valence-corrected chi connectivity index (χ1v) is 6.20. The Kier molecular flexibility index (Phi) is 3.44. The molecule has 2 N–H and O–H groups in total. The van der Waals surface area contributed by atoms with Gasteiger partial charge < -0.3 is 15.3 Å². The van der Waals surface area contributed by atoms with Crippen molar-refractivity contribution in [2.75, 3.05) is 20.1 Å². The van der Waals surface area contributed by atoms with Gasteiger partial charge in [-0.05, 0) is 32.1 Å². The molecular weight excluding hydrogens is 240 g/mol. The van der Waals surface area contributed by atoms with E-state index in [1.807, 2.05) is 7.05 Å². The maximum atomic E-state index is 11.8. The quantitative estimate of drug-likeness (QED) is 0.840. The standard InChI is InChI=1S/C11H14N2O3S/c1-13-5-4-7(6-13)12-10(14)8-2-3-9(17-8)11(15)16/h2-3,7H,4-6H2,1H3,(H,12,14)(H,15,16). The van der Waals surface area contributed by atoms with Gasteiger partial charge >= 0.3 is 5.97 Å². The van der Waals surface area contributed by atoms with E-state index in [2.05, 4.69) is 10.2 Å². The first-order chi connectivity index (χ1) is 8.06. The molecule has 2 heterocycles. The van der Waals surface area contributed by atoms with Gasteiger partial charge in [0, 0.05) is 12.6 Å². The maximum absolute atomic E-state index is 11.8. The van der Waals surface area contributed by atoms with E-state index >= 15 is 0 Å². The lowest BCUT2D eigenvalue weighted by Crippen LogP contribution is -2.36. The molecule has 0 saturated carbocycles. The van der Waals surface area contributed by atoms with E-state index in [1.165, 1.54) is 6.07 Å². The van der Waals surface area contributed by atoms with Gasteiger partial charge in [-0.25, -0.2) is 4.79 Å². The van der Waals surface area contributed by atoms with E-state index < -0.39 is 5.97 Å². The van der Waals surface area contributed by atoms with Crippen LogP contribution in [0.15, 0.2) is 12.1 Å². The predicted molar refractivity (Wildman–Crippen MR) is 64.6 cm³/mol. The van der Waals surface area contributed by atoms with Crippen molar-refractivity contribution in [2.45, 2.75) is 12.5 Å². The van der Waals surface area contributed by atoms with Gasteiger partial charge in [-0.2, -0.15) is 0 Å². The van der Waals surface area contributed by atoms with Crippen LogP contribution >= 0.6 is 11.3 Å². The molecule has 6 heteroatoms. The van der Waals surface area contributed by atoms with E-state index in [9.17, 15) is 9.59 Å². The summed E-state index contributed by atoms with van der Waals surface area (Å²) in [4.78, 5) is 25.3. The zero-order valence-corrected chi connectivity index (χ0v) is 10.3. The predicted octanol–water partition coefficient (Wildman–Crippen LogP) is 0.880. The molecule has 1 aromatic heterocycles. The number of rotatable bonds is 3. The van der Waals surface area contributed by atoms with Crippen LogP contribution in [0.3, 0.4) is 0 Å². The van der Waals surface area contributed by atoms with Crippen molar-refractivity contribution < 1.29 is 14.7 Å². The molecule has 0 bridgehead atoms. The monoisotopic (exact) mass is 254 g/mol. The van der Waals surface area contributed by atoms with E-state index in [4.69, 9.17) is 5.11 Å². The average molecular weight is 254 g/mol. The van der Waals surface area contributed by atoms with Crippen molar-refractivity contribution in [1.82, 2.24) is 10.2 Å². The number of hydrogen-bond acceptors (Lipinski definition) is 4. The van der Waals surface area contributed by atoms with Crippen LogP contribution in [-0.4, -0.2) is 48.1 Å².